The molecule has 0 bridgehead atoms. The van der Waals surface area contributed by atoms with Gasteiger partial charge in [0, 0.05) is 37.8 Å². The van der Waals surface area contributed by atoms with Gasteiger partial charge in [0.15, 0.2) is 11.5 Å². The predicted octanol–water partition coefficient (Wildman–Crippen LogP) is 4.00. The van der Waals surface area contributed by atoms with Gasteiger partial charge in [0.25, 0.3) is 5.91 Å². The topological polar surface area (TPSA) is 60.5 Å². The maximum atomic E-state index is 13.5. The lowest BCUT2D eigenvalue weighted by atomic mass is 10.1. The zero-order chi connectivity index (χ0) is 23.9. The van der Waals surface area contributed by atoms with Gasteiger partial charge in [0.05, 0.1) is 34.0 Å². The first-order valence-corrected chi connectivity index (χ1v) is 12.1. The molecule has 2 fully saturated rings. The lowest BCUT2D eigenvalue weighted by molar-refractivity contribution is -0.0468. The third-order valence-corrected chi connectivity index (χ3v) is 6.84. The number of hydrogen-bond donors (Lipinski definition) is 0. The fourth-order valence-corrected chi connectivity index (χ4v) is 5.00. The van der Waals surface area contributed by atoms with Gasteiger partial charge < -0.3 is 23.8 Å². The molecule has 0 N–H and O–H groups in total. The van der Waals surface area contributed by atoms with Crippen LogP contribution >= 0.6 is 0 Å². The minimum atomic E-state index is -0.0170. The summed E-state index contributed by atoms with van der Waals surface area (Å²) in [5.74, 6) is 2.30. The normalized spacial score (nSPS) is 19.1. The molecule has 0 radical (unpaired) electrons. The second-order valence-electron chi connectivity index (χ2n) is 9.04. The first-order chi connectivity index (χ1) is 16.6. The molecule has 7 heteroatoms. The summed E-state index contributed by atoms with van der Waals surface area (Å²) in [4.78, 5) is 17.9. The van der Waals surface area contributed by atoms with Crippen LogP contribution in [0.25, 0.3) is 0 Å². The van der Waals surface area contributed by atoms with Gasteiger partial charge in [-0.1, -0.05) is 18.9 Å². The van der Waals surface area contributed by atoms with E-state index in [1.807, 2.05) is 36.4 Å². The first-order valence-electron chi connectivity index (χ1n) is 12.1. The summed E-state index contributed by atoms with van der Waals surface area (Å²) < 4.78 is 22.2. The van der Waals surface area contributed by atoms with Crippen molar-refractivity contribution >= 4 is 5.91 Å². The molecule has 2 aromatic rings. The van der Waals surface area contributed by atoms with Crippen molar-refractivity contribution in [3.05, 3.63) is 53.6 Å². The molecule has 184 valence electrons. The lowest BCUT2D eigenvalue weighted by Crippen LogP contribution is -2.50. The van der Waals surface area contributed by atoms with E-state index in [-0.39, 0.29) is 18.1 Å². The number of benzene rings is 2. The zero-order valence-electron chi connectivity index (χ0n) is 20.5. The van der Waals surface area contributed by atoms with Crippen LogP contribution in [-0.2, 0) is 11.3 Å². The van der Waals surface area contributed by atoms with Gasteiger partial charge in [-0.2, -0.15) is 0 Å². The molecule has 2 aromatic carbocycles. The van der Waals surface area contributed by atoms with E-state index in [9.17, 15) is 4.79 Å². The zero-order valence-corrected chi connectivity index (χ0v) is 20.5. The minimum absolute atomic E-state index is 0.0170. The van der Waals surface area contributed by atoms with Gasteiger partial charge in [-0.25, -0.2) is 0 Å². The maximum Gasteiger partial charge on any atom is 0.254 e. The molecule has 1 saturated carbocycles. The smallest absolute Gasteiger partial charge is 0.254 e. The first kappa shape index (κ1) is 24.4. The predicted molar refractivity (Wildman–Crippen MR) is 131 cm³/mol. The highest BCUT2D eigenvalue weighted by Gasteiger charge is 2.31. The number of rotatable bonds is 9. The summed E-state index contributed by atoms with van der Waals surface area (Å²) in [7, 11) is 4.94. The summed E-state index contributed by atoms with van der Waals surface area (Å²) in [6.45, 7) is 3.72. The molecule has 1 aliphatic carbocycles. The van der Waals surface area contributed by atoms with Crippen LogP contribution in [0.4, 0.5) is 0 Å². The molecular weight excluding hydrogens is 432 g/mol. The molecule has 2 aliphatic rings. The van der Waals surface area contributed by atoms with Gasteiger partial charge in [-0.05, 0) is 54.8 Å². The Hall–Kier alpha value is -2.77. The number of methoxy groups -OCH3 is 3. The second-order valence-corrected chi connectivity index (χ2v) is 9.04. The van der Waals surface area contributed by atoms with E-state index in [1.54, 1.807) is 21.3 Å². The largest absolute Gasteiger partial charge is 0.497 e. The maximum absolute atomic E-state index is 13.5. The molecule has 7 nitrogen and oxygen atoms in total. The summed E-state index contributed by atoms with van der Waals surface area (Å²) in [5.41, 5.74) is 1.87. The molecule has 1 saturated heterocycles. The molecule has 1 amide bonds. The molecule has 34 heavy (non-hydrogen) atoms. The summed E-state index contributed by atoms with van der Waals surface area (Å²) in [6.07, 6.45) is 4.45. The number of nitrogens with zero attached hydrogens (tertiary/aromatic N) is 2. The molecule has 0 aromatic heterocycles. The molecular formula is C27H36N2O5. The van der Waals surface area contributed by atoms with Crippen LogP contribution in [0, 0.1) is 0 Å². The van der Waals surface area contributed by atoms with E-state index in [0.717, 1.165) is 49.7 Å². The third-order valence-electron chi connectivity index (χ3n) is 6.84. The Bertz CT molecular complexity index is 943. The van der Waals surface area contributed by atoms with Crippen LogP contribution in [0.1, 0.15) is 41.6 Å². The van der Waals surface area contributed by atoms with E-state index >= 15 is 0 Å². The number of carbonyl (C=O) groups excluding carboxylic acids is 1. The van der Waals surface area contributed by atoms with Gasteiger partial charge in [-0.15, -0.1) is 0 Å². The van der Waals surface area contributed by atoms with Crippen molar-refractivity contribution in [1.82, 2.24) is 9.80 Å². The Morgan fingerprint density at radius 3 is 2.41 bits per heavy atom. The Morgan fingerprint density at radius 1 is 1.00 bits per heavy atom. The Labute approximate surface area is 202 Å². The Kier molecular flexibility index (Phi) is 8.29. The average Bonchev–Trinajstić information content (AvgIpc) is 3.42. The van der Waals surface area contributed by atoms with Gasteiger partial charge >= 0.3 is 0 Å². The van der Waals surface area contributed by atoms with Crippen molar-refractivity contribution in [3.8, 4) is 17.2 Å². The molecule has 1 unspecified atom stereocenters. The fraction of sp³-hybridized carbons (Fsp3) is 0.519. The van der Waals surface area contributed by atoms with Gasteiger partial charge in [-0.3, -0.25) is 9.69 Å². The van der Waals surface area contributed by atoms with Crippen LogP contribution in [-0.4, -0.2) is 75.4 Å². The average molecular weight is 469 g/mol. The SMILES string of the molecule is COc1ccc(C(=O)N(CC2CN(Cc3ccc(OC)c(OC)c3)CCO2)C2CCCC2)cc1. The third kappa shape index (κ3) is 5.83. The van der Waals surface area contributed by atoms with Crippen LogP contribution < -0.4 is 14.2 Å². The molecule has 1 heterocycles. The van der Waals surface area contributed by atoms with E-state index in [0.29, 0.717) is 18.7 Å². The Balaban J connectivity index is 1.43. The van der Waals surface area contributed by atoms with E-state index in [2.05, 4.69) is 15.9 Å². The van der Waals surface area contributed by atoms with Crippen LogP contribution in [0.5, 0.6) is 17.2 Å². The fourth-order valence-electron chi connectivity index (χ4n) is 5.00. The van der Waals surface area contributed by atoms with Crippen LogP contribution in [0.2, 0.25) is 0 Å². The number of ether oxygens (including phenoxy) is 4. The summed E-state index contributed by atoms with van der Waals surface area (Å²) >= 11 is 0. The van der Waals surface area contributed by atoms with Crippen molar-refractivity contribution in [3.63, 3.8) is 0 Å². The summed E-state index contributed by atoms with van der Waals surface area (Å²) in [6, 6.07) is 13.7. The monoisotopic (exact) mass is 468 g/mol. The van der Waals surface area contributed by atoms with Crippen molar-refractivity contribution in [2.45, 2.75) is 44.4 Å². The van der Waals surface area contributed by atoms with Gasteiger partial charge in [0.2, 0.25) is 0 Å². The van der Waals surface area contributed by atoms with Crippen molar-refractivity contribution in [2.24, 2.45) is 0 Å². The van der Waals surface area contributed by atoms with Gasteiger partial charge in [0.1, 0.15) is 5.75 Å². The molecule has 4 rings (SSSR count). The number of carbonyl (C=O) groups is 1. The lowest BCUT2D eigenvalue weighted by Gasteiger charge is -2.38. The standard InChI is InChI=1S/C27H36N2O5/c1-31-23-11-9-21(10-12-23)27(30)29(22-6-4-5-7-22)19-24-18-28(14-15-34-24)17-20-8-13-25(32-2)26(16-20)33-3/h8-13,16,22,24H,4-7,14-15,17-19H2,1-3H3. The number of amides is 1. The minimum Gasteiger partial charge on any atom is -0.497 e. The molecule has 0 spiro atoms. The van der Waals surface area contributed by atoms with Crippen LogP contribution in [0.3, 0.4) is 0 Å². The van der Waals surface area contributed by atoms with E-state index in [1.165, 1.54) is 18.4 Å². The second kappa shape index (κ2) is 11.6. The van der Waals surface area contributed by atoms with E-state index in [4.69, 9.17) is 18.9 Å². The highest BCUT2D eigenvalue weighted by atomic mass is 16.5. The Morgan fingerprint density at radius 2 is 1.74 bits per heavy atom. The summed E-state index contributed by atoms with van der Waals surface area (Å²) in [5, 5.41) is 0. The molecule has 1 aliphatic heterocycles. The number of hydrogen-bond acceptors (Lipinski definition) is 6. The quantitative estimate of drug-likeness (QED) is 0.555. The van der Waals surface area contributed by atoms with Crippen molar-refractivity contribution in [1.29, 1.82) is 0 Å². The molecule has 1 atom stereocenters. The van der Waals surface area contributed by atoms with Crippen molar-refractivity contribution in [2.75, 3.05) is 47.6 Å². The van der Waals surface area contributed by atoms with Crippen molar-refractivity contribution < 1.29 is 23.7 Å². The highest BCUT2D eigenvalue weighted by Crippen LogP contribution is 2.29. The number of morpholine rings is 1. The highest BCUT2D eigenvalue weighted by molar-refractivity contribution is 5.94. The van der Waals surface area contributed by atoms with E-state index < -0.39 is 0 Å². The van der Waals surface area contributed by atoms with Crippen LogP contribution in [0.15, 0.2) is 42.5 Å².